The SMILES string of the molecule is CCOC(=O)COc1c(Br)cc(/C=C2/SC(=O)N(Cc3cccc4ccccc34)C2=O)cc1Br. The molecule has 1 heterocycles. The van der Waals surface area contributed by atoms with Gasteiger partial charge < -0.3 is 9.47 Å². The highest BCUT2D eigenvalue weighted by Gasteiger charge is 2.35. The van der Waals surface area contributed by atoms with E-state index in [-0.39, 0.29) is 30.9 Å². The van der Waals surface area contributed by atoms with Crippen molar-refractivity contribution in [1.29, 1.82) is 0 Å². The van der Waals surface area contributed by atoms with Crippen molar-refractivity contribution in [2.45, 2.75) is 13.5 Å². The molecule has 0 spiro atoms. The van der Waals surface area contributed by atoms with Gasteiger partial charge in [-0.05, 0) is 90.7 Å². The fourth-order valence-electron chi connectivity index (χ4n) is 3.52. The molecule has 9 heteroatoms. The topological polar surface area (TPSA) is 72.9 Å². The number of ether oxygens (including phenoxy) is 2. The zero-order valence-electron chi connectivity index (χ0n) is 18.0. The van der Waals surface area contributed by atoms with E-state index in [0.29, 0.717) is 25.2 Å². The first-order valence-electron chi connectivity index (χ1n) is 10.4. The van der Waals surface area contributed by atoms with Crippen LogP contribution in [-0.2, 0) is 20.9 Å². The van der Waals surface area contributed by atoms with Gasteiger partial charge in [-0.1, -0.05) is 42.5 Å². The highest BCUT2D eigenvalue weighted by Crippen LogP contribution is 2.38. The Labute approximate surface area is 217 Å². The van der Waals surface area contributed by atoms with Crippen molar-refractivity contribution in [2.75, 3.05) is 13.2 Å². The van der Waals surface area contributed by atoms with Crippen molar-refractivity contribution in [3.63, 3.8) is 0 Å². The van der Waals surface area contributed by atoms with E-state index < -0.39 is 5.97 Å². The summed E-state index contributed by atoms with van der Waals surface area (Å²) in [4.78, 5) is 38.9. The Balaban J connectivity index is 1.53. The van der Waals surface area contributed by atoms with Crippen molar-refractivity contribution in [3.8, 4) is 5.75 Å². The predicted octanol–water partition coefficient (Wildman–Crippen LogP) is 6.54. The number of amides is 2. The van der Waals surface area contributed by atoms with E-state index in [1.54, 1.807) is 25.1 Å². The van der Waals surface area contributed by atoms with Gasteiger partial charge in [0.15, 0.2) is 6.61 Å². The third-order valence-corrected chi connectivity index (χ3v) is 7.13. The first-order chi connectivity index (χ1) is 16.4. The van der Waals surface area contributed by atoms with Gasteiger partial charge in [0, 0.05) is 0 Å². The summed E-state index contributed by atoms with van der Waals surface area (Å²) in [5.74, 6) is -0.364. The van der Waals surface area contributed by atoms with Crippen molar-refractivity contribution in [2.24, 2.45) is 0 Å². The van der Waals surface area contributed by atoms with Gasteiger partial charge in [-0.3, -0.25) is 14.5 Å². The zero-order valence-corrected chi connectivity index (χ0v) is 22.0. The van der Waals surface area contributed by atoms with Gasteiger partial charge in [-0.15, -0.1) is 0 Å². The van der Waals surface area contributed by atoms with Crippen LogP contribution in [0, 0.1) is 0 Å². The Bertz CT molecular complexity index is 1300. The molecule has 1 aliphatic heterocycles. The second-order valence-corrected chi connectivity index (χ2v) is 10.0. The minimum atomic E-state index is -0.467. The number of hydrogen-bond acceptors (Lipinski definition) is 6. The van der Waals surface area contributed by atoms with E-state index in [9.17, 15) is 14.4 Å². The van der Waals surface area contributed by atoms with Crippen LogP contribution in [0.2, 0.25) is 0 Å². The molecule has 0 atom stereocenters. The number of thioether (sulfide) groups is 1. The maximum atomic E-state index is 13.1. The lowest BCUT2D eigenvalue weighted by atomic mass is 10.0. The maximum Gasteiger partial charge on any atom is 0.344 e. The second-order valence-electron chi connectivity index (χ2n) is 7.31. The summed E-state index contributed by atoms with van der Waals surface area (Å²) in [6, 6.07) is 17.2. The average Bonchev–Trinajstić information content (AvgIpc) is 3.06. The van der Waals surface area contributed by atoms with E-state index in [1.165, 1.54) is 4.90 Å². The van der Waals surface area contributed by atoms with Crippen LogP contribution in [0.25, 0.3) is 16.8 Å². The molecule has 0 aliphatic carbocycles. The van der Waals surface area contributed by atoms with Gasteiger partial charge in [0.05, 0.1) is 27.0 Å². The summed E-state index contributed by atoms with van der Waals surface area (Å²) in [6.07, 6.45) is 1.67. The average molecular weight is 605 g/mol. The molecule has 1 fully saturated rings. The molecule has 6 nitrogen and oxygen atoms in total. The number of fused-ring (bicyclic) bond motifs is 1. The zero-order chi connectivity index (χ0) is 24.2. The van der Waals surface area contributed by atoms with Crippen molar-refractivity contribution < 1.29 is 23.9 Å². The molecule has 2 amide bonds. The lowest BCUT2D eigenvalue weighted by Gasteiger charge is -2.14. The molecule has 3 aromatic rings. The Morgan fingerprint density at radius 2 is 1.76 bits per heavy atom. The normalized spacial score (nSPS) is 14.8. The second kappa shape index (κ2) is 10.8. The van der Waals surface area contributed by atoms with Gasteiger partial charge in [-0.25, -0.2) is 4.79 Å². The van der Waals surface area contributed by atoms with Gasteiger partial charge >= 0.3 is 5.97 Å². The number of halogens is 2. The lowest BCUT2D eigenvalue weighted by molar-refractivity contribution is -0.145. The molecule has 0 radical (unpaired) electrons. The van der Waals surface area contributed by atoms with Crippen LogP contribution in [-0.4, -0.2) is 35.2 Å². The van der Waals surface area contributed by atoms with Crippen LogP contribution in [0.5, 0.6) is 5.75 Å². The molecule has 0 aromatic heterocycles. The van der Waals surface area contributed by atoms with Crippen LogP contribution in [0.3, 0.4) is 0 Å². The largest absolute Gasteiger partial charge is 0.480 e. The quantitative estimate of drug-likeness (QED) is 0.225. The van der Waals surface area contributed by atoms with Crippen molar-refractivity contribution >= 4 is 77.6 Å². The fraction of sp³-hybridized carbons (Fsp3) is 0.160. The molecule has 1 aliphatic rings. The summed E-state index contributed by atoms with van der Waals surface area (Å²) in [6.45, 7) is 1.98. The molecule has 34 heavy (non-hydrogen) atoms. The lowest BCUT2D eigenvalue weighted by Crippen LogP contribution is -2.27. The molecule has 1 saturated heterocycles. The van der Waals surface area contributed by atoms with Crippen molar-refractivity contribution in [3.05, 3.63) is 79.6 Å². The molecule has 174 valence electrons. The fourth-order valence-corrected chi connectivity index (χ4v) is 5.81. The highest BCUT2D eigenvalue weighted by atomic mass is 79.9. The first-order valence-corrected chi connectivity index (χ1v) is 12.8. The Kier molecular flexibility index (Phi) is 7.75. The monoisotopic (exact) mass is 603 g/mol. The highest BCUT2D eigenvalue weighted by molar-refractivity contribution is 9.11. The molecule has 0 bridgehead atoms. The van der Waals surface area contributed by atoms with E-state index in [0.717, 1.165) is 28.1 Å². The number of hydrogen-bond donors (Lipinski definition) is 0. The van der Waals surface area contributed by atoms with Crippen molar-refractivity contribution in [1.82, 2.24) is 4.90 Å². The third-order valence-electron chi connectivity index (χ3n) is 5.04. The van der Waals surface area contributed by atoms with Crippen LogP contribution in [0.15, 0.2) is 68.4 Å². The summed E-state index contributed by atoms with van der Waals surface area (Å²) in [7, 11) is 0. The van der Waals surface area contributed by atoms with E-state index in [2.05, 4.69) is 31.9 Å². The Morgan fingerprint density at radius 1 is 1.06 bits per heavy atom. The minimum Gasteiger partial charge on any atom is -0.480 e. The van der Waals surface area contributed by atoms with Crippen LogP contribution in [0.4, 0.5) is 4.79 Å². The van der Waals surface area contributed by atoms with Crippen LogP contribution in [0.1, 0.15) is 18.1 Å². The van der Waals surface area contributed by atoms with Gasteiger partial charge in [0.2, 0.25) is 0 Å². The van der Waals surface area contributed by atoms with Gasteiger partial charge in [0.1, 0.15) is 5.75 Å². The summed E-state index contributed by atoms with van der Waals surface area (Å²) in [5, 5.41) is 1.76. The molecular weight excluding hydrogens is 586 g/mol. The first kappa shape index (κ1) is 24.5. The standard InChI is InChI=1S/C25H19Br2NO5S/c1-2-32-22(29)14-33-23-19(26)10-15(11-20(23)27)12-21-24(30)28(25(31)34-21)13-17-8-5-7-16-6-3-4-9-18(16)17/h3-12H,2,13-14H2,1H3/b21-12+. The molecule has 0 unspecified atom stereocenters. The molecular formula is C25H19Br2NO5S. The van der Waals surface area contributed by atoms with E-state index in [1.807, 2.05) is 42.5 Å². The number of esters is 1. The molecule has 0 N–H and O–H groups in total. The third kappa shape index (κ3) is 5.37. The maximum absolute atomic E-state index is 13.1. The van der Waals surface area contributed by atoms with Gasteiger partial charge in [-0.2, -0.15) is 0 Å². The predicted molar refractivity (Wildman–Crippen MR) is 139 cm³/mol. The number of carbonyl (C=O) groups is 3. The Hall–Kier alpha value is -2.62. The number of nitrogens with zero attached hydrogens (tertiary/aromatic N) is 1. The summed E-state index contributed by atoms with van der Waals surface area (Å²) >= 11 is 7.79. The van der Waals surface area contributed by atoms with E-state index >= 15 is 0 Å². The Morgan fingerprint density at radius 3 is 2.50 bits per heavy atom. The van der Waals surface area contributed by atoms with E-state index in [4.69, 9.17) is 9.47 Å². The van der Waals surface area contributed by atoms with Crippen LogP contribution >= 0.6 is 43.6 Å². The summed E-state index contributed by atoms with van der Waals surface area (Å²) in [5.41, 5.74) is 1.60. The smallest absolute Gasteiger partial charge is 0.344 e. The summed E-state index contributed by atoms with van der Waals surface area (Å²) < 4.78 is 11.6. The minimum absolute atomic E-state index is 0.206. The molecule has 4 rings (SSSR count). The van der Waals surface area contributed by atoms with Crippen LogP contribution < -0.4 is 4.74 Å². The number of imide groups is 1. The molecule has 3 aromatic carbocycles. The molecule has 0 saturated carbocycles. The van der Waals surface area contributed by atoms with Gasteiger partial charge in [0.25, 0.3) is 11.1 Å². The number of benzene rings is 3. The number of rotatable bonds is 7. The number of carbonyl (C=O) groups excluding carboxylic acids is 3.